The molecule has 23 heavy (non-hydrogen) atoms. The van der Waals surface area contributed by atoms with E-state index in [4.69, 9.17) is 9.84 Å². The van der Waals surface area contributed by atoms with Crippen LogP contribution in [0.5, 0.6) is 5.75 Å². The zero-order valence-electron chi connectivity index (χ0n) is 12.5. The molecule has 6 heteroatoms. The van der Waals surface area contributed by atoms with Crippen molar-refractivity contribution in [2.75, 3.05) is 7.11 Å². The number of benzene rings is 2. The van der Waals surface area contributed by atoms with E-state index in [1.807, 2.05) is 0 Å². The molecule has 0 aliphatic heterocycles. The first-order chi connectivity index (χ1) is 11.0. The minimum absolute atomic E-state index is 0.308. The lowest BCUT2D eigenvalue weighted by Gasteiger charge is -2.22. The summed E-state index contributed by atoms with van der Waals surface area (Å²) >= 11 is 0. The fourth-order valence-corrected chi connectivity index (χ4v) is 2.14. The number of nitrogens with one attached hydrogen (secondary N) is 1. The van der Waals surface area contributed by atoms with Crippen molar-refractivity contribution in [3.05, 3.63) is 65.7 Å². The third-order valence-electron chi connectivity index (χ3n) is 3.35. The second kappa shape index (κ2) is 7.42. The SMILES string of the molecule is COc1cccc(C(=O)NC(c2ccccc2)C(O)C(=O)O)c1. The lowest BCUT2D eigenvalue weighted by atomic mass is 10.0. The molecular formula is C17H17NO5. The first-order valence-corrected chi connectivity index (χ1v) is 6.93. The number of hydrogen-bond acceptors (Lipinski definition) is 4. The summed E-state index contributed by atoms with van der Waals surface area (Å²) in [6.07, 6.45) is -1.76. The summed E-state index contributed by atoms with van der Waals surface area (Å²) in [4.78, 5) is 23.5. The summed E-state index contributed by atoms with van der Waals surface area (Å²) in [6, 6.07) is 13.8. The van der Waals surface area contributed by atoms with Crippen LogP contribution in [0, 0.1) is 0 Å². The number of carbonyl (C=O) groups excluding carboxylic acids is 1. The molecule has 0 fully saturated rings. The van der Waals surface area contributed by atoms with Crippen LogP contribution in [-0.2, 0) is 4.79 Å². The Labute approximate surface area is 133 Å². The van der Waals surface area contributed by atoms with Crippen LogP contribution in [0.3, 0.4) is 0 Å². The van der Waals surface area contributed by atoms with Gasteiger partial charge in [-0.05, 0) is 23.8 Å². The van der Waals surface area contributed by atoms with Crippen LogP contribution in [0.1, 0.15) is 22.0 Å². The predicted octanol–water partition coefficient (Wildman–Crippen LogP) is 1.61. The Morgan fingerprint density at radius 2 is 1.78 bits per heavy atom. The Bertz CT molecular complexity index is 686. The van der Waals surface area contributed by atoms with Crippen LogP contribution in [0.4, 0.5) is 0 Å². The first-order valence-electron chi connectivity index (χ1n) is 6.93. The monoisotopic (exact) mass is 315 g/mol. The molecule has 0 aromatic heterocycles. The second-order valence-corrected chi connectivity index (χ2v) is 4.88. The highest BCUT2D eigenvalue weighted by Gasteiger charge is 2.29. The number of carbonyl (C=O) groups is 2. The minimum Gasteiger partial charge on any atom is -0.497 e. The lowest BCUT2D eigenvalue weighted by Crippen LogP contribution is -2.40. The number of aliphatic hydroxyl groups is 1. The van der Waals surface area contributed by atoms with Crippen molar-refractivity contribution in [1.82, 2.24) is 5.32 Å². The zero-order valence-corrected chi connectivity index (χ0v) is 12.5. The first kappa shape index (κ1) is 16.5. The summed E-state index contributed by atoms with van der Waals surface area (Å²) in [5.41, 5.74) is 0.807. The highest BCUT2D eigenvalue weighted by molar-refractivity contribution is 5.95. The van der Waals surface area contributed by atoms with Crippen LogP contribution < -0.4 is 10.1 Å². The van der Waals surface area contributed by atoms with Crippen molar-refractivity contribution >= 4 is 11.9 Å². The molecule has 2 rings (SSSR count). The Morgan fingerprint density at radius 3 is 2.39 bits per heavy atom. The normalized spacial score (nSPS) is 13.0. The number of hydrogen-bond donors (Lipinski definition) is 3. The zero-order chi connectivity index (χ0) is 16.8. The Kier molecular flexibility index (Phi) is 5.32. The maximum Gasteiger partial charge on any atom is 0.335 e. The number of ether oxygens (including phenoxy) is 1. The average molecular weight is 315 g/mol. The third-order valence-corrected chi connectivity index (χ3v) is 3.35. The molecule has 0 saturated heterocycles. The number of amides is 1. The fraction of sp³-hybridized carbons (Fsp3) is 0.176. The van der Waals surface area contributed by atoms with Gasteiger partial charge in [-0.15, -0.1) is 0 Å². The fourth-order valence-electron chi connectivity index (χ4n) is 2.14. The van der Waals surface area contributed by atoms with Crippen molar-refractivity contribution in [2.45, 2.75) is 12.1 Å². The topological polar surface area (TPSA) is 95.9 Å². The molecule has 2 aromatic rings. The van der Waals surface area contributed by atoms with Crippen molar-refractivity contribution in [2.24, 2.45) is 0 Å². The molecule has 0 bridgehead atoms. The molecule has 0 spiro atoms. The number of methoxy groups -OCH3 is 1. The standard InChI is InChI=1S/C17H17NO5/c1-23-13-9-5-8-12(10-13)16(20)18-14(15(19)17(21)22)11-6-3-2-4-7-11/h2-10,14-15,19H,1H3,(H,18,20)(H,21,22). The molecule has 0 aliphatic carbocycles. The van der Waals surface area contributed by atoms with E-state index in [-0.39, 0.29) is 0 Å². The molecular weight excluding hydrogens is 298 g/mol. The van der Waals surface area contributed by atoms with Gasteiger partial charge in [0.05, 0.1) is 13.2 Å². The molecule has 2 atom stereocenters. The van der Waals surface area contributed by atoms with Crippen LogP contribution in [0.25, 0.3) is 0 Å². The lowest BCUT2D eigenvalue weighted by molar-refractivity contribution is -0.148. The van der Waals surface area contributed by atoms with E-state index in [0.717, 1.165) is 0 Å². The maximum atomic E-state index is 12.4. The molecule has 1 amide bonds. The predicted molar refractivity (Wildman–Crippen MR) is 83.3 cm³/mol. The van der Waals surface area contributed by atoms with Gasteiger partial charge in [0.2, 0.25) is 0 Å². The van der Waals surface area contributed by atoms with Crippen molar-refractivity contribution < 1.29 is 24.5 Å². The molecule has 0 radical (unpaired) electrons. The van der Waals surface area contributed by atoms with Gasteiger partial charge in [-0.3, -0.25) is 4.79 Å². The summed E-state index contributed by atoms with van der Waals surface area (Å²) in [5, 5.41) is 21.5. The highest BCUT2D eigenvalue weighted by Crippen LogP contribution is 2.19. The van der Waals surface area contributed by atoms with Gasteiger partial charge in [-0.1, -0.05) is 36.4 Å². The van der Waals surface area contributed by atoms with Gasteiger partial charge in [0, 0.05) is 5.56 Å². The molecule has 0 saturated carbocycles. The minimum atomic E-state index is -1.76. The van der Waals surface area contributed by atoms with E-state index in [0.29, 0.717) is 16.9 Å². The van der Waals surface area contributed by atoms with Crippen LogP contribution >= 0.6 is 0 Å². The van der Waals surface area contributed by atoms with Crippen LogP contribution in [0.15, 0.2) is 54.6 Å². The quantitative estimate of drug-likeness (QED) is 0.752. The average Bonchev–Trinajstić information content (AvgIpc) is 2.59. The molecule has 0 aliphatic rings. The number of rotatable bonds is 6. The summed E-state index contributed by atoms with van der Waals surface area (Å²) in [7, 11) is 1.48. The number of carboxylic acids is 1. The Balaban J connectivity index is 2.26. The van der Waals surface area contributed by atoms with Gasteiger partial charge in [-0.2, -0.15) is 0 Å². The van der Waals surface area contributed by atoms with Crippen molar-refractivity contribution in [3.8, 4) is 5.75 Å². The molecule has 0 heterocycles. The third kappa shape index (κ3) is 4.08. The Morgan fingerprint density at radius 1 is 1.09 bits per heavy atom. The molecule has 3 N–H and O–H groups in total. The highest BCUT2D eigenvalue weighted by atomic mass is 16.5. The van der Waals surface area contributed by atoms with E-state index in [9.17, 15) is 14.7 Å². The Hall–Kier alpha value is -2.86. The van der Waals surface area contributed by atoms with Crippen molar-refractivity contribution in [3.63, 3.8) is 0 Å². The number of carboxylic acid groups (broad SMARTS) is 1. The van der Waals surface area contributed by atoms with Gasteiger partial charge in [0.15, 0.2) is 6.10 Å². The van der Waals surface area contributed by atoms with E-state index >= 15 is 0 Å². The molecule has 2 unspecified atom stereocenters. The molecule has 2 aromatic carbocycles. The number of aliphatic carboxylic acids is 1. The smallest absolute Gasteiger partial charge is 0.335 e. The van der Waals surface area contributed by atoms with Gasteiger partial charge >= 0.3 is 5.97 Å². The molecule has 6 nitrogen and oxygen atoms in total. The largest absolute Gasteiger partial charge is 0.497 e. The van der Waals surface area contributed by atoms with E-state index in [2.05, 4.69) is 5.32 Å². The number of aliphatic hydroxyl groups excluding tert-OH is 1. The van der Waals surface area contributed by atoms with Crippen LogP contribution in [-0.4, -0.2) is 35.3 Å². The maximum absolute atomic E-state index is 12.4. The summed E-state index contributed by atoms with van der Waals surface area (Å²) in [6.45, 7) is 0. The van der Waals surface area contributed by atoms with E-state index in [1.165, 1.54) is 13.2 Å². The van der Waals surface area contributed by atoms with E-state index in [1.54, 1.807) is 48.5 Å². The van der Waals surface area contributed by atoms with Crippen LogP contribution in [0.2, 0.25) is 0 Å². The molecule has 120 valence electrons. The van der Waals surface area contributed by atoms with Crippen molar-refractivity contribution in [1.29, 1.82) is 0 Å². The van der Waals surface area contributed by atoms with E-state index < -0.39 is 24.0 Å². The van der Waals surface area contributed by atoms with Gasteiger partial charge in [0.1, 0.15) is 5.75 Å². The summed E-state index contributed by atoms with van der Waals surface area (Å²) in [5.74, 6) is -1.41. The van der Waals surface area contributed by atoms with Gasteiger partial charge < -0.3 is 20.3 Å². The summed E-state index contributed by atoms with van der Waals surface area (Å²) < 4.78 is 5.06. The second-order valence-electron chi connectivity index (χ2n) is 4.88. The van der Waals surface area contributed by atoms with Gasteiger partial charge in [0.25, 0.3) is 5.91 Å². The van der Waals surface area contributed by atoms with Gasteiger partial charge in [-0.25, -0.2) is 4.79 Å².